The summed E-state index contributed by atoms with van der Waals surface area (Å²) < 4.78 is 25.5. The molecule has 2 heterocycles. The number of rotatable bonds is 4. The minimum atomic E-state index is -3.65. The van der Waals surface area contributed by atoms with Crippen molar-refractivity contribution >= 4 is 56.2 Å². The van der Waals surface area contributed by atoms with Crippen molar-refractivity contribution in [2.45, 2.75) is 11.8 Å². The van der Waals surface area contributed by atoms with E-state index in [-0.39, 0.29) is 37.3 Å². The van der Waals surface area contributed by atoms with E-state index in [1.807, 2.05) is 0 Å². The van der Waals surface area contributed by atoms with Gasteiger partial charge in [-0.05, 0) is 36.8 Å². The molecule has 0 bridgehead atoms. The first-order valence-corrected chi connectivity index (χ1v) is 10.8. The SMILES string of the molecule is Cc1cc(Cl)cc(S(C)(=O)=O)c1NC(=O)c1cc(Cl)nn1-c1ncccc1Cl. The number of hydrogen-bond acceptors (Lipinski definition) is 5. The number of nitrogens with one attached hydrogen (secondary N) is 1. The molecule has 3 rings (SSSR count). The number of anilines is 1. The van der Waals surface area contributed by atoms with Gasteiger partial charge in [-0.15, -0.1) is 0 Å². The number of amides is 1. The van der Waals surface area contributed by atoms with Crippen LogP contribution in [0.5, 0.6) is 0 Å². The van der Waals surface area contributed by atoms with E-state index in [4.69, 9.17) is 34.8 Å². The topological polar surface area (TPSA) is 94.0 Å². The molecule has 3 aromatic rings. The molecule has 7 nitrogen and oxygen atoms in total. The Bertz CT molecular complexity index is 1190. The molecule has 0 fully saturated rings. The first kappa shape index (κ1) is 20.6. The highest BCUT2D eigenvalue weighted by atomic mass is 35.5. The van der Waals surface area contributed by atoms with Gasteiger partial charge in [-0.25, -0.2) is 18.1 Å². The normalized spacial score (nSPS) is 11.5. The van der Waals surface area contributed by atoms with Crippen LogP contribution in [-0.2, 0) is 9.84 Å². The van der Waals surface area contributed by atoms with Crippen molar-refractivity contribution in [1.82, 2.24) is 14.8 Å². The van der Waals surface area contributed by atoms with E-state index in [0.29, 0.717) is 5.56 Å². The minimum absolute atomic E-state index is 0.0272. The number of aryl methyl sites for hydroxylation is 1. The van der Waals surface area contributed by atoms with Crippen LogP contribution in [0.2, 0.25) is 15.2 Å². The molecular formula is C17H13Cl3N4O3S. The lowest BCUT2D eigenvalue weighted by Crippen LogP contribution is -2.20. The van der Waals surface area contributed by atoms with Crippen molar-refractivity contribution in [3.63, 3.8) is 0 Å². The number of aromatic nitrogens is 3. The van der Waals surface area contributed by atoms with Crippen LogP contribution < -0.4 is 5.32 Å². The largest absolute Gasteiger partial charge is 0.319 e. The quantitative estimate of drug-likeness (QED) is 0.631. The second-order valence-corrected chi connectivity index (χ2v) is 9.11. The molecule has 0 aliphatic carbocycles. The molecule has 0 spiro atoms. The number of carbonyl (C=O) groups excluding carboxylic acids is 1. The number of pyridine rings is 1. The summed E-state index contributed by atoms with van der Waals surface area (Å²) in [5, 5.41) is 7.20. The zero-order valence-electron chi connectivity index (χ0n) is 14.6. The number of nitrogens with zero attached hydrogens (tertiary/aromatic N) is 3. The molecule has 0 saturated heterocycles. The average molecular weight is 460 g/mol. The van der Waals surface area contributed by atoms with Gasteiger partial charge in [0.05, 0.1) is 15.6 Å². The van der Waals surface area contributed by atoms with Gasteiger partial charge in [-0.2, -0.15) is 5.10 Å². The zero-order chi connectivity index (χ0) is 20.6. The van der Waals surface area contributed by atoms with Crippen LogP contribution in [0.25, 0.3) is 5.82 Å². The van der Waals surface area contributed by atoms with Gasteiger partial charge >= 0.3 is 0 Å². The van der Waals surface area contributed by atoms with Crippen LogP contribution in [0.3, 0.4) is 0 Å². The number of carbonyl (C=O) groups is 1. The molecular weight excluding hydrogens is 447 g/mol. The Kier molecular flexibility index (Phi) is 5.67. The second-order valence-electron chi connectivity index (χ2n) is 5.90. The number of hydrogen-bond donors (Lipinski definition) is 1. The van der Waals surface area contributed by atoms with E-state index in [1.54, 1.807) is 25.1 Å². The summed E-state index contributed by atoms with van der Waals surface area (Å²) in [4.78, 5) is 16.9. The van der Waals surface area contributed by atoms with Gasteiger partial charge in [0, 0.05) is 23.5 Å². The van der Waals surface area contributed by atoms with Crippen LogP contribution in [0.4, 0.5) is 5.69 Å². The molecule has 0 aliphatic rings. The van der Waals surface area contributed by atoms with Crippen molar-refractivity contribution in [3.05, 3.63) is 63.0 Å². The Morgan fingerprint density at radius 2 is 1.89 bits per heavy atom. The highest BCUT2D eigenvalue weighted by Gasteiger charge is 2.23. The van der Waals surface area contributed by atoms with Gasteiger partial charge in [-0.1, -0.05) is 34.8 Å². The minimum Gasteiger partial charge on any atom is -0.319 e. The van der Waals surface area contributed by atoms with Crippen molar-refractivity contribution in [2.75, 3.05) is 11.6 Å². The van der Waals surface area contributed by atoms with Crippen molar-refractivity contribution < 1.29 is 13.2 Å². The summed E-state index contributed by atoms with van der Waals surface area (Å²) in [7, 11) is -3.65. The van der Waals surface area contributed by atoms with E-state index in [1.165, 1.54) is 23.0 Å². The Morgan fingerprint density at radius 3 is 2.54 bits per heavy atom. The highest BCUT2D eigenvalue weighted by Crippen LogP contribution is 2.30. The molecule has 2 aromatic heterocycles. The van der Waals surface area contributed by atoms with Crippen LogP contribution in [0, 0.1) is 6.92 Å². The fourth-order valence-corrected chi connectivity index (χ4v) is 4.19. The Morgan fingerprint density at radius 1 is 1.18 bits per heavy atom. The first-order valence-electron chi connectivity index (χ1n) is 7.76. The van der Waals surface area contributed by atoms with Gasteiger partial charge in [0.1, 0.15) is 5.69 Å². The highest BCUT2D eigenvalue weighted by molar-refractivity contribution is 7.90. The molecule has 0 aliphatic heterocycles. The maximum atomic E-state index is 12.9. The maximum Gasteiger partial charge on any atom is 0.274 e. The standard InChI is InChI=1S/C17H13Cl3N4O3S/c1-9-6-10(18)7-13(28(2,26)27)15(9)22-17(25)12-8-14(20)23-24(12)16-11(19)4-3-5-21-16/h3-8H,1-2H3,(H,22,25). The van der Waals surface area contributed by atoms with Gasteiger partial charge in [0.25, 0.3) is 5.91 Å². The van der Waals surface area contributed by atoms with E-state index in [2.05, 4.69) is 15.4 Å². The summed E-state index contributed by atoms with van der Waals surface area (Å²) in [6.07, 6.45) is 2.52. The molecule has 0 atom stereocenters. The molecule has 0 saturated carbocycles. The lowest BCUT2D eigenvalue weighted by molar-refractivity contribution is 0.101. The van der Waals surface area contributed by atoms with Crippen LogP contribution >= 0.6 is 34.8 Å². The summed E-state index contributed by atoms with van der Waals surface area (Å²) in [5.41, 5.74) is 0.626. The molecule has 0 radical (unpaired) electrons. The van der Waals surface area contributed by atoms with Crippen molar-refractivity contribution in [3.8, 4) is 5.82 Å². The number of benzene rings is 1. The van der Waals surface area contributed by atoms with Gasteiger partial charge in [0.2, 0.25) is 0 Å². The Labute approximate surface area is 176 Å². The molecule has 146 valence electrons. The third-order valence-corrected chi connectivity index (χ3v) is 5.57. The third-order valence-electron chi connectivity index (χ3n) is 3.75. The molecule has 1 aromatic carbocycles. The fourth-order valence-electron chi connectivity index (χ4n) is 2.55. The monoisotopic (exact) mass is 458 g/mol. The predicted molar refractivity (Wildman–Crippen MR) is 109 cm³/mol. The smallest absolute Gasteiger partial charge is 0.274 e. The van der Waals surface area contributed by atoms with Crippen LogP contribution in [0.1, 0.15) is 16.1 Å². The zero-order valence-corrected chi connectivity index (χ0v) is 17.7. The molecule has 1 amide bonds. The number of sulfone groups is 1. The summed E-state index contributed by atoms with van der Waals surface area (Å²) >= 11 is 18.1. The van der Waals surface area contributed by atoms with Crippen molar-refractivity contribution in [2.24, 2.45) is 0 Å². The first-order chi connectivity index (χ1) is 13.1. The maximum absolute atomic E-state index is 12.9. The number of halogens is 3. The average Bonchev–Trinajstić information content (AvgIpc) is 2.98. The van der Waals surface area contributed by atoms with Gasteiger partial charge in [0.15, 0.2) is 20.8 Å². The van der Waals surface area contributed by atoms with Crippen molar-refractivity contribution in [1.29, 1.82) is 0 Å². The van der Waals surface area contributed by atoms with E-state index < -0.39 is 15.7 Å². The summed E-state index contributed by atoms with van der Waals surface area (Å²) in [5.74, 6) is -0.436. The van der Waals surface area contributed by atoms with Gasteiger partial charge in [-0.3, -0.25) is 4.79 Å². The van der Waals surface area contributed by atoms with E-state index in [9.17, 15) is 13.2 Å². The van der Waals surface area contributed by atoms with E-state index >= 15 is 0 Å². The molecule has 28 heavy (non-hydrogen) atoms. The lowest BCUT2D eigenvalue weighted by atomic mass is 10.2. The molecule has 11 heteroatoms. The van der Waals surface area contributed by atoms with Crippen LogP contribution in [0.15, 0.2) is 41.4 Å². The predicted octanol–water partition coefficient (Wildman–Crippen LogP) is 4.19. The lowest BCUT2D eigenvalue weighted by Gasteiger charge is -2.14. The molecule has 0 unspecified atom stereocenters. The summed E-state index contributed by atoms with van der Waals surface area (Å²) in [6.45, 7) is 1.63. The summed E-state index contributed by atoms with van der Waals surface area (Å²) in [6, 6.07) is 7.37. The third kappa shape index (κ3) is 4.15. The molecule has 1 N–H and O–H groups in total. The van der Waals surface area contributed by atoms with E-state index in [0.717, 1.165) is 6.26 Å². The fraction of sp³-hybridized carbons (Fsp3) is 0.118. The Hall–Kier alpha value is -2.13. The van der Waals surface area contributed by atoms with Crippen LogP contribution in [-0.4, -0.2) is 35.3 Å². The Balaban J connectivity index is 2.09. The second kappa shape index (κ2) is 7.71. The van der Waals surface area contributed by atoms with Gasteiger partial charge < -0.3 is 5.32 Å².